The van der Waals surface area contributed by atoms with Gasteiger partial charge in [-0.1, -0.05) is 26.0 Å². The number of halogens is 1. The number of guanidine groups is 1. The lowest BCUT2D eigenvalue weighted by Gasteiger charge is -2.18. The number of rotatable bonds is 8. The van der Waals surface area contributed by atoms with Crippen LogP contribution in [0, 0.1) is 5.92 Å². The van der Waals surface area contributed by atoms with Gasteiger partial charge in [0.25, 0.3) is 5.91 Å². The van der Waals surface area contributed by atoms with Gasteiger partial charge in [0.1, 0.15) is 0 Å². The summed E-state index contributed by atoms with van der Waals surface area (Å²) in [6.07, 6.45) is 3.18. The number of carbonyl (C=O) groups is 1. The standard InChI is InChI=1S/C20H34N4O.HI/c1-15(2)10-11-16(3)23-20(21-4)22-13-12-17-8-7-9-18(14-17)19(25)24(5)6;/h7-9,14-16H,10-13H2,1-6H3,(H2,21,22,23);1H. The Balaban J connectivity index is 0.00000625. The molecule has 0 aliphatic rings. The molecule has 5 nitrogen and oxygen atoms in total. The molecule has 0 aliphatic heterocycles. The second-order valence-corrected chi connectivity index (χ2v) is 7.17. The van der Waals surface area contributed by atoms with Crippen molar-refractivity contribution >= 4 is 35.8 Å². The number of aliphatic imine (C=N–C) groups is 1. The summed E-state index contributed by atoms with van der Waals surface area (Å²) in [6.45, 7) is 7.45. The summed E-state index contributed by atoms with van der Waals surface area (Å²) in [5.41, 5.74) is 1.87. The molecule has 26 heavy (non-hydrogen) atoms. The zero-order chi connectivity index (χ0) is 18.8. The van der Waals surface area contributed by atoms with Crippen molar-refractivity contribution in [3.8, 4) is 0 Å². The quantitative estimate of drug-likeness (QED) is 0.344. The Morgan fingerprint density at radius 2 is 1.88 bits per heavy atom. The van der Waals surface area contributed by atoms with Crippen LogP contribution in [0.4, 0.5) is 0 Å². The summed E-state index contributed by atoms with van der Waals surface area (Å²) in [4.78, 5) is 17.9. The SMILES string of the molecule is CN=C(NCCc1cccc(C(=O)N(C)C)c1)NC(C)CCC(C)C.I. The number of hydrogen-bond donors (Lipinski definition) is 2. The molecular weight excluding hydrogens is 439 g/mol. The van der Waals surface area contributed by atoms with E-state index in [1.54, 1.807) is 26.0 Å². The van der Waals surface area contributed by atoms with E-state index in [4.69, 9.17) is 0 Å². The Morgan fingerprint density at radius 1 is 1.19 bits per heavy atom. The second-order valence-electron chi connectivity index (χ2n) is 7.17. The third-order valence-corrected chi connectivity index (χ3v) is 4.07. The summed E-state index contributed by atoms with van der Waals surface area (Å²) in [6, 6.07) is 8.21. The normalized spacial score (nSPS) is 12.3. The van der Waals surface area contributed by atoms with Crippen LogP contribution in [0.25, 0.3) is 0 Å². The van der Waals surface area contributed by atoms with Crippen LogP contribution in [0.1, 0.15) is 49.5 Å². The summed E-state index contributed by atoms with van der Waals surface area (Å²) in [7, 11) is 5.33. The molecule has 0 aliphatic carbocycles. The smallest absolute Gasteiger partial charge is 0.253 e. The number of nitrogens with zero attached hydrogens (tertiary/aromatic N) is 2. The average molecular weight is 474 g/mol. The van der Waals surface area contributed by atoms with E-state index in [-0.39, 0.29) is 29.9 Å². The Hall–Kier alpha value is -1.31. The first-order valence-corrected chi connectivity index (χ1v) is 9.11. The molecule has 6 heteroatoms. The van der Waals surface area contributed by atoms with E-state index >= 15 is 0 Å². The number of nitrogens with one attached hydrogen (secondary N) is 2. The fourth-order valence-corrected chi connectivity index (χ4v) is 2.53. The zero-order valence-corrected chi connectivity index (χ0v) is 19.3. The minimum absolute atomic E-state index is 0. The molecule has 0 saturated carbocycles. The van der Waals surface area contributed by atoms with Crippen molar-refractivity contribution in [2.24, 2.45) is 10.9 Å². The van der Waals surface area contributed by atoms with E-state index < -0.39 is 0 Å². The number of benzene rings is 1. The predicted molar refractivity (Wildman–Crippen MR) is 122 cm³/mol. The van der Waals surface area contributed by atoms with Gasteiger partial charge < -0.3 is 15.5 Å². The largest absolute Gasteiger partial charge is 0.356 e. The summed E-state index contributed by atoms with van der Waals surface area (Å²) < 4.78 is 0. The highest BCUT2D eigenvalue weighted by atomic mass is 127. The summed E-state index contributed by atoms with van der Waals surface area (Å²) in [5, 5.41) is 6.78. The molecule has 1 amide bonds. The van der Waals surface area contributed by atoms with Crippen molar-refractivity contribution in [2.45, 2.75) is 46.1 Å². The Labute approximate surface area is 176 Å². The van der Waals surface area contributed by atoms with E-state index in [2.05, 4.69) is 42.5 Å². The van der Waals surface area contributed by atoms with Crippen LogP contribution in [-0.4, -0.2) is 50.5 Å². The third-order valence-electron chi connectivity index (χ3n) is 4.07. The highest BCUT2D eigenvalue weighted by Gasteiger charge is 2.09. The number of amides is 1. The maximum Gasteiger partial charge on any atom is 0.253 e. The molecule has 0 heterocycles. The maximum absolute atomic E-state index is 12.0. The highest BCUT2D eigenvalue weighted by Crippen LogP contribution is 2.08. The van der Waals surface area contributed by atoms with Crippen LogP contribution in [0.2, 0.25) is 0 Å². The lowest BCUT2D eigenvalue weighted by atomic mass is 10.0. The molecule has 0 aromatic heterocycles. The van der Waals surface area contributed by atoms with Crippen molar-refractivity contribution < 1.29 is 4.79 Å². The van der Waals surface area contributed by atoms with Gasteiger partial charge >= 0.3 is 0 Å². The molecule has 1 aromatic rings. The molecule has 0 radical (unpaired) electrons. The molecule has 1 atom stereocenters. The first-order valence-electron chi connectivity index (χ1n) is 9.11. The van der Waals surface area contributed by atoms with Gasteiger partial charge in [-0.05, 0) is 49.8 Å². The highest BCUT2D eigenvalue weighted by molar-refractivity contribution is 14.0. The predicted octanol–water partition coefficient (Wildman–Crippen LogP) is 3.54. The van der Waals surface area contributed by atoms with Crippen molar-refractivity contribution in [3.05, 3.63) is 35.4 Å². The van der Waals surface area contributed by atoms with E-state index in [0.29, 0.717) is 6.04 Å². The minimum Gasteiger partial charge on any atom is -0.356 e. The lowest BCUT2D eigenvalue weighted by Crippen LogP contribution is -2.43. The van der Waals surface area contributed by atoms with Crippen molar-refractivity contribution in [1.82, 2.24) is 15.5 Å². The fourth-order valence-electron chi connectivity index (χ4n) is 2.53. The van der Waals surface area contributed by atoms with Crippen LogP contribution in [0.3, 0.4) is 0 Å². The van der Waals surface area contributed by atoms with Crippen molar-refractivity contribution in [2.75, 3.05) is 27.7 Å². The fraction of sp³-hybridized carbons (Fsp3) is 0.600. The van der Waals surface area contributed by atoms with Gasteiger partial charge in [0.15, 0.2) is 5.96 Å². The number of carbonyl (C=O) groups excluding carboxylic acids is 1. The van der Waals surface area contributed by atoms with Crippen molar-refractivity contribution in [3.63, 3.8) is 0 Å². The van der Waals surface area contributed by atoms with Gasteiger partial charge in [-0.25, -0.2) is 0 Å². The molecular formula is C20H35IN4O. The monoisotopic (exact) mass is 474 g/mol. The molecule has 148 valence electrons. The van der Waals surface area contributed by atoms with Gasteiger partial charge in [-0.3, -0.25) is 9.79 Å². The van der Waals surface area contributed by atoms with E-state index in [1.165, 1.54) is 6.42 Å². The van der Waals surface area contributed by atoms with Crippen LogP contribution in [0.5, 0.6) is 0 Å². The molecule has 0 spiro atoms. The van der Waals surface area contributed by atoms with Gasteiger partial charge in [-0.2, -0.15) is 0 Å². The minimum atomic E-state index is 0. The molecule has 1 unspecified atom stereocenters. The van der Waals surface area contributed by atoms with E-state index in [1.807, 2.05) is 18.2 Å². The van der Waals surface area contributed by atoms with Crippen LogP contribution < -0.4 is 10.6 Å². The van der Waals surface area contributed by atoms with Crippen LogP contribution in [0.15, 0.2) is 29.3 Å². The molecule has 0 saturated heterocycles. The molecule has 1 rings (SSSR count). The third kappa shape index (κ3) is 9.40. The van der Waals surface area contributed by atoms with Gasteiger partial charge in [0.05, 0.1) is 0 Å². The first kappa shape index (κ1) is 24.7. The molecule has 0 bridgehead atoms. The molecule has 0 fully saturated rings. The molecule has 1 aromatic carbocycles. The van der Waals surface area contributed by atoms with Crippen LogP contribution in [-0.2, 0) is 6.42 Å². The Kier molecular flexibility index (Phi) is 12.3. The van der Waals surface area contributed by atoms with E-state index in [9.17, 15) is 4.79 Å². The second kappa shape index (κ2) is 12.9. The van der Waals surface area contributed by atoms with Crippen molar-refractivity contribution in [1.29, 1.82) is 0 Å². The van der Waals surface area contributed by atoms with Gasteiger partial charge in [0.2, 0.25) is 0 Å². The van der Waals surface area contributed by atoms with Crippen LogP contribution >= 0.6 is 24.0 Å². The summed E-state index contributed by atoms with van der Waals surface area (Å²) >= 11 is 0. The first-order chi connectivity index (χ1) is 11.8. The average Bonchev–Trinajstić information content (AvgIpc) is 2.58. The molecule has 2 N–H and O–H groups in total. The van der Waals surface area contributed by atoms with E-state index in [0.717, 1.165) is 42.4 Å². The number of hydrogen-bond acceptors (Lipinski definition) is 2. The van der Waals surface area contributed by atoms with Gasteiger partial charge in [-0.15, -0.1) is 24.0 Å². The van der Waals surface area contributed by atoms with Gasteiger partial charge in [0, 0.05) is 39.3 Å². The topological polar surface area (TPSA) is 56.7 Å². The Bertz CT molecular complexity index is 573. The maximum atomic E-state index is 12.0. The Morgan fingerprint density at radius 3 is 2.46 bits per heavy atom. The summed E-state index contributed by atoms with van der Waals surface area (Å²) in [5.74, 6) is 1.58. The zero-order valence-electron chi connectivity index (χ0n) is 17.0. The lowest BCUT2D eigenvalue weighted by molar-refractivity contribution is 0.0827.